The highest BCUT2D eigenvalue weighted by molar-refractivity contribution is 5.52. The first-order valence-electron chi connectivity index (χ1n) is 7.89. The predicted molar refractivity (Wildman–Crippen MR) is 92.8 cm³/mol. The summed E-state index contributed by atoms with van der Waals surface area (Å²) in [5, 5.41) is 3.42. The summed E-state index contributed by atoms with van der Waals surface area (Å²) < 4.78 is 5.80. The smallest absolute Gasteiger partial charge is 0.119 e. The molecular weight excluding hydrogens is 258 g/mol. The molecule has 0 saturated carbocycles. The van der Waals surface area contributed by atoms with E-state index in [4.69, 9.17) is 4.74 Å². The van der Waals surface area contributed by atoms with Crippen molar-refractivity contribution in [2.24, 2.45) is 5.41 Å². The Morgan fingerprint density at radius 1 is 1.14 bits per heavy atom. The third-order valence-electron chi connectivity index (χ3n) is 3.52. The lowest BCUT2D eigenvalue weighted by Crippen LogP contribution is -2.38. The fourth-order valence-electron chi connectivity index (χ4n) is 1.74. The molecule has 118 valence electrons. The first kappa shape index (κ1) is 17.8. The summed E-state index contributed by atoms with van der Waals surface area (Å²) in [6.07, 6.45) is 5.59. The van der Waals surface area contributed by atoms with Crippen molar-refractivity contribution in [3.05, 3.63) is 35.9 Å². The lowest BCUT2D eigenvalue weighted by molar-refractivity contribution is 0.291. The summed E-state index contributed by atoms with van der Waals surface area (Å²) in [6, 6.07) is 8.27. The van der Waals surface area contributed by atoms with Crippen LogP contribution in [-0.4, -0.2) is 18.7 Å². The minimum absolute atomic E-state index is 0.139. The molecule has 1 aromatic carbocycles. The van der Waals surface area contributed by atoms with Gasteiger partial charge in [-0.25, -0.2) is 0 Å². The molecule has 0 heterocycles. The molecule has 1 N–H and O–H groups in total. The summed E-state index contributed by atoms with van der Waals surface area (Å²) in [7, 11) is 0. The maximum atomic E-state index is 5.80. The predicted octanol–water partition coefficient (Wildman–Crippen LogP) is 4.90. The van der Waals surface area contributed by atoms with Crippen molar-refractivity contribution in [3.63, 3.8) is 0 Å². The van der Waals surface area contributed by atoms with Crippen molar-refractivity contribution in [1.29, 1.82) is 0 Å². The number of ether oxygens (including phenoxy) is 1. The summed E-state index contributed by atoms with van der Waals surface area (Å²) in [4.78, 5) is 0. The van der Waals surface area contributed by atoms with E-state index in [9.17, 15) is 0 Å². The van der Waals surface area contributed by atoms with Crippen molar-refractivity contribution in [3.8, 4) is 5.75 Å². The van der Waals surface area contributed by atoms with Gasteiger partial charge in [-0.05, 0) is 50.3 Å². The molecule has 1 aromatic rings. The van der Waals surface area contributed by atoms with Gasteiger partial charge < -0.3 is 10.1 Å². The van der Waals surface area contributed by atoms with Crippen LogP contribution >= 0.6 is 0 Å². The molecule has 0 aromatic heterocycles. The molecule has 0 amide bonds. The summed E-state index contributed by atoms with van der Waals surface area (Å²) in [6.45, 7) is 14.7. The lowest BCUT2D eigenvalue weighted by atomic mass is 9.89. The van der Waals surface area contributed by atoms with E-state index in [2.05, 4.69) is 71.1 Å². The van der Waals surface area contributed by atoms with Crippen molar-refractivity contribution in [2.75, 3.05) is 13.2 Å². The van der Waals surface area contributed by atoms with Gasteiger partial charge in [0.1, 0.15) is 12.4 Å². The van der Waals surface area contributed by atoms with Gasteiger partial charge in [0.25, 0.3) is 0 Å². The fraction of sp³-hybridized carbons (Fsp3) is 0.579. The van der Waals surface area contributed by atoms with E-state index < -0.39 is 0 Å². The number of hydrogen-bond donors (Lipinski definition) is 1. The van der Waals surface area contributed by atoms with E-state index >= 15 is 0 Å². The second-order valence-electron chi connectivity index (χ2n) is 7.27. The van der Waals surface area contributed by atoms with E-state index in [0.29, 0.717) is 6.61 Å². The molecule has 0 atom stereocenters. The summed E-state index contributed by atoms with van der Waals surface area (Å²) in [5.41, 5.74) is 1.57. The molecule has 0 radical (unpaired) electrons. The second kappa shape index (κ2) is 7.65. The van der Waals surface area contributed by atoms with Crippen molar-refractivity contribution in [2.45, 2.75) is 53.5 Å². The maximum Gasteiger partial charge on any atom is 0.119 e. The average molecular weight is 289 g/mol. The van der Waals surface area contributed by atoms with Crippen LogP contribution in [-0.2, 0) is 0 Å². The minimum atomic E-state index is 0.139. The standard InChI is InChI=1S/C19H31NO/c1-7-19(5,6)12-11-16-9-8-10-17(15-16)21-14-13-20-18(2,3)4/h8-12,15,20H,7,13-14H2,1-6H3/b12-11+. The van der Waals surface area contributed by atoms with Gasteiger partial charge >= 0.3 is 0 Å². The molecule has 0 fully saturated rings. The molecular formula is C19H31NO. The Balaban J connectivity index is 2.53. The van der Waals surface area contributed by atoms with Gasteiger partial charge in [0, 0.05) is 12.1 Å². The van der Waals surface area contributed by atoms with Crippen LogP contribution < -0.4 is 10.1 Å². The summed E-state index contributed by atoms with van der Waals surface area (Å²) in [5.74, 6) is 0.933. The number of allylic oxidation sites excluding steroid dienone is 1. The number of benzene rings is 1. The van der Waals surface area contributed by atoms with Gasteiger partial charge in [-0.2, -0.15) is 0 Å². The van der Waals surface area contributed by atoms with Crippen molar-refractivity contribution >= 4 is 6.08 Å². The van der Waals surface area contributed by atoms with Crippen LogP contribution in [0.3, 0.4) is 0 Å². The number of hydrogen-bond acceptors (Lipinski definition) is 2. The minimum Gasteiger partial charge on any atom is -0.492 e. The molecule has 1 rings (SSSR count). The van der Waals surface area contributed by atoms with E-state index in [0.717, 1.165) is 18.7 Å². The zero-order valence-corrected chi connectivity index (χ0v) is 14.5. The normalized spacial score (nSPS) is 12.9. The third kappa shape index (κ3) is 7.91. The molecule has 0 aliphatic heterocycles. The Kier molecular flexibility index (Phi) is 6.47. The van der Waals surface area contributed by atoms with E-state index in [1.54, 1.807) is 0 Å². The van der Waals surface area contributed by atoms with E-state index in [-0.39, 0.29) is 11.0 Å². The van der Waals surface area contributed by atoms with Crippen molar-refractivity contribution < 1.29 is 4.74 Å². The lowest BCUT2D eigenvalue weighted by Gasteiger charge is -2.20. The van der Waals surface area contributed by atoms with Gasteiger partial charge in [-0.1, -0.05) is 45.1 Å². The Bertz CT molecular complexity index is 455. The Labute approximate surface area is 130 Å². The highest BCUT2D eigenvalue weighted by Crippen LogP contribution is 2.23. The Morgan fingerprint density at radius 2 is 1.86 bits per heavy atom. The van der Waals surface area contributed by atoms with Crippen LogP contribution in [0.25, 0.3) is 6.08 Å². The van der Waals surface area contributed by atoms with Crippen LogP contribution in [0, 0.1) is 5.41 Å². The molecule has 0 aliphatic carbocycles. The Morgan fingerprint density at radius 3 is 2.48 bits per heavy atom. The van der Waals surface area contributed by atoms with Gasteiger partial charge in [0.2, 0.25) is 0 Å². The van der Waals surface area contributed by atoms with E-state index in [1.807, 2.05) is 12.1 Å². The van der Waals surface area contributed by atoms with Crippen molar-refractivity contribution in [1.82, 2.24) is 5.32 Å². The highest BCUT2D eigenvalue weighted by Gasteiger charge is 2.09. The van der Waals surface area contributed by atoms with Crippen LogP contribution in [0.5, 0.6) is 5.75 Å². The van der Waals surface area contributed by atoms with Crippen LogP contribution in [0.15, 0.2) is 30.3 Å². The van der Waals surface area contributed by atoms with Crippen LogP contribution in [0.1, 0.15) is 53.5 Å². The summed E-state index contributed by atoms with van der Waals surface area (Å²) >= 11 is 0. The molecule has 0 unspecified atom stereocenters. The largest absolute Gasteiger partial charge is 0.492 e. The average Bonchev–Trinajstić information content (AvgIpc) is 2.41. The molecule has 0 aliphatic rings. The van der Waals surface area contributed by atoms with Crippen LogP contribution in [0.2, 0.25) is 0 Å². The first-order valence-corrected chi connectivity index (χ1v) is 7.89. The molecule has 21 heavy (non-hydrogen) atoms. The molecule has 2 nitrogen and oxygen atoms in total. The molecule has 0 bridgehead atoms. The zero-order valence-electron chi connectivity index (χ0n) is 14.5. The fourth-order valence-corrected chi connectivity index (χ4v) is 1.74. The van der Waals surface area contributed by atoms with Gasteiger partial charge in [0.05, 0.1) is 0 Å². The highest BCUT2D eigenvalue weighted by atomic mass is 16.5. The van der Waals surface area contributed by atoms with Gasteiger partial charge in [-0.3, -0.25) is 0 Å². The third-order valence-corrected chi connectivity index (χ3v) is 3.52. The van der Waals surface area contributed by atoms with Gasteiger partial charge in [0.15, 0.2) is 0 Å². The van der Waals surface area contributed by atoms with Crippen LogP contribution in [0.4, 0.5) is 0 Å². The second-order valence-corrected chi connectivity index (χ2v) is 7.27. The quantitative estimate of drug-likeness (QED) is 0.721. The SMILES string of the molecule is CCC(C)(C)/C=C/c1cccc(OCCNC(C)(C)C)c1. The molecule has 0 saturated heterocycles. The van der Waals surface area contributed by atoms with E-state index in [1.165, 1.54) is 5.56 Å². The monoisotopic (exact) mass is 289 g/mol. The number of rotatable bonds is 7. The number of nitrogens with one attached hydrogen (secondary N) is 1. The molecule has 2 heteroatoms. The Hall–Kier alpha value is -1.28. The van der Waals surface area contributed by atoms with Gasteiger partial charge in [-0.15, -0.1) is 0 Å². The molecule has 0 spiro atoms. The zero-order chi connectivity index (χ0) is 15.9. The maximum absolute atomic E-state index is 5.80. The topological polar surface area (TPSA) is 21.3 Å². The first-order chi connectivity index (χ1) is 9.72.